The van der Waals surface area contributed by atoms with Crippen molar-refractivity contribution in [2.24, 2.45) is 5.92 Å². The monoisotopic (exact) mass is 331 g/mol. The van der Waals surface area contributed by atoms with Crippen molar-refractivity contribution in [3.8, 4) is 0 Å². The Kier molecular flexibility index (Phi) is 4.85. The Hall–Kier alpha value is -1.72. The van der Waals surface area contributed by atoms with E-state index < -0.39 is 0 Å². The Labute approximate surface area is 137 Å². The number of hydrogen-bond acceptors (Lipinski definition) is 4. The van der Waals surface area contributed by atoms with E-state index in [0.717, 1.165) is 33.9 Å². The van der Waals surface area contributed by atoms with Crippen LogP contribution < -0.4 is 5.32 Å². The van der Waals surface area contributed by atoms with Crippen LogP contribution in [0.25, 0.3) is 0 Å². The van der Waals surface area contributed by atoms with Crippen LogP contribution in [0.5, 0.6) is 0 Å². The lowest BCUT2D eigenvalue weighted by molar-refractivity contribution is -0.125. The molecule has 114 valence electrons. The molecule has 1 aliphatic carbocycles. The summed E-state index contributed by atoms with van der Waals surface area (Å²) < 4.78 is 0. The highest BCUT2D eigenvalue weighted by molar-refractivity contribution is 7.16. The van der Waals surface area contributed by atoms with Gasteiger partial charge in [0.2, 0.25) is 11.7 Å². The minimum absolute atomic E-state index is 0.0648. The van der Waals surface area contributed by atoms with Gasteiger partial charge in [-0.3, -0.25) is 9.59 Å². The standard InChI is InChI=1S/C17H17NO2S2/c19-16(14-7-4-10-21-14)15-9-8-13(22-15)11-18-17(20)12-5-2-1-3-6-12/h1-2,4,7-10,12H,3,5-6,11H2,(H,18,20)/t12-/m1/s1. The molecule has 1 aliphatic rings. The van der Waals surface area contributed by atoms with Crippen LogP contribution in [-0.4, -0.2) is 11.7 Å². The van der Waals surface area contributed by atoms with Crippen LogP contribution in [0, 0.1) is 5.92 Å². The molecule has 0 saturated carbocycles. The zero-order valence-corrected chi connectivity index (χ0v) is 13.7. The van der Waals surface area contributed by atoms with Crippen molar-refractivity contribution in [3.05, 3.63) is 56.4 Å². The van der Waals surface area contributed by atoms with Crippen molar-refractivity contribution < 1.29 is 9.59 Å². The van der Waals surface area contributed by atoms with E-state index in [2.05, 4.69) is 17.5 Å². The molecule has 2 aromatic heterocycles. The number of allylic oxidation sites excluding steroid dienone is 2. The molecule has 1 atom stereocenters. The van der Waals surface area contributed by atoms with Crippen LogP contribution >= 0.6 is 22.7 Å². The van der Waals surface area contributed by atoms with Crippen LogP contribution in [0.2, 0.25) is 0 Å². The first-order chi connectivity index (χ1) is 10.7. The van der Waals surface area contributed by atoms with Crippen LogP contribution in [0.4, 0.5) is 0 Å². The number of rotatable bonds is 5. The summed E-state index contributed by atoms with van der Waals surface area (Å²) in [7, 11) is 0. The third-order valence-corrected chi connectivity index (χ3v) is 5.66. The highest BCUT2D eigenvalue weighted by atomic mass is 32.1. The Balaban J connectivity index is 1.57. The molecule has 2 aromatic rings. The maximum absolute atomic E-state index is 12.2. The summed E-state index contributed by atoms with van der Waals surface area (Å²) in [5.41, 5.74) is 0. The van der Waals surface area contributed by atoms with Gasteiger partial charge in [-0.25, -0.2) is 0 Å². The topological polar surface area (TPSA) is 46.2 Å². The maximum Gasteiger partial charge on any atom is 0.223 e. The second-order valence-corrected chi connectivity index (χ2v) is 7.39. The van der Waals surface area contributed by atoms with Crippen molar-refractivity contribution in [1.29, 1.82) is 0 Å². The normalized spacial score (nSPS) is 17.4. The minimum atomic E-state index is 0.0648. The van der Waals surface area contributed by atoms with Gasteiger partial charge in [0.25, 0.3) is 0 Å². The van der Waals surface area contributed by atoms with Gasteiger partial charge in [-0.2, -0.15) is 0 Å². The number of thiophene rings is 2. The summed E-state index contributed by atoms with van der Waals surface area (Å²) in [5.74, 6) is 0.274. The maximum atomic E-state index is 12.2. The molecular weight excluding hydrogens is 314 g/mol. The van der Waals surface area contributed by atoms with E-state index in [1.807, 2.05) is 29.6 Å². The molecule has 2 heterocycles. The van der Waals surface area contributed by atoms with E-state index in [1.165, 1.54) is 22.7 Å². The first-order valence-electron chi connectivity index (χ1n) is 7.33. The van der Waals surface area contributed by atoms with Crippen molar-refractivity contribution in [3.63, 3.8) is 0 Å². The lowest BCUT2D eigenvalue weighted by atomic mass is 9.94. The van der Waals surface area contributed by atoms with Gasteiger partial charge in [0, 0.05) is 10.8 Å². The average molecular weight is 331 g/mol. The first-order valence-corrected chi connectivity index (χ1v) is 9.03. The zero-order chi connectivity index (χ0) is 15.4. The van der Waals surface area contributed by atoms with Gasteiger partial charge in [-0.1, -0.05) is 18.2 Å². The molecule has 3 rings (SSSR count). The Bertz CT molecular complexity index is 685. The Morgan fingerprint density at radius 1 is 1.18 bits per heavy atom. The van der Waals surface area contributed by atoms with Gasteiger partial charge in [-0.05, 0) is 42.8 Å². The van der Waals surface area contributed by atoms with Gasteiger partial charge in [0.15, 0.2) is 0 Å². The predicted molar refractivity (Wildman–Crippen MR) is 90.4 cm³/mol. The third-order valence-electron chi connectivity index (χ3n) is 3.71. The number of carbonyl (C=O) groups is 2. The van der Waals surface area contributed by atoms with Gasteiger partial charge in [0.05, 0.1) is 16.3 Å². The van der Waals surface area contributed by atoms with Gasteiger partial charge < -0.3 is 5.32 Å². The molecule has 0 unspecified atom stereocenters. The molecule has 0 spiro atoms. The fourth-order valence-electron chi connectivity index (χ4n) is 2.47. The van der Waals surface area contributed by atoms with Gasteiger partial charge in [-0.15, -0.1) is 22.7 Å². The average Bonchev–Trinajstić information content (AvgIpc) is 3.24. The highest BCUT2D eigenvalue weighted by Gasteiger charge is 2.19. The second-order valence-electron chi connectivity index (χ2n) is 5.27. The Morgan fingerprint density at radius 3 is 2.82 bits per heavy atom. The van der Waals surface area contributed by atoms with Crippen LogP contribution in [0.15, 0.2) is 41.8 Å². The van der Waals surface area contributed by atoms with Crippen LogP contribution in [0.3, 0.4) is 0 Å². The Morgan fingerprint density at radius 2 is 2.09 bits per heavy atom. The second kappa shape index (κ2) is 7.03. The summed E-state index contributed by atoms with van der Waals surface area (Å²) in [4.78, 5) is 26.8. The van der Waals surface area contributed by atoms with Crippen molar-refractivity contribution in [2.75, 3.05) is 0 Å². The van der Waals surface area contributed by atoms with E-state index in [1.54, 1.807) is 0 Å². The summed E-state index contributed by atoms with van der Waals surface area (Å²) in [6, 6.07) is 7.49. The fraction of sp³-hybridized carbons (Fsp3) is 0.294. The molecular formula is C17H17NO2S2. The molecule has 0 bridgehead atoms. The van der Waals surface area contributed by atoms with Gasteiger partial charge in [0.1, 0.15) is 0 Å². The smallest absolute Gasteiger partial charge is 0.223 e. The number of ketones is 1. The molecule has 3 nitrogen and oxygen atoms in total. The molecule has 0 radical (unpaired) electrons. The van der Waals surface area contributed by atoms with Crippen molar-refractivity contribution in [1.82, 2.24) is 5.32 Å². The van der Waals surface area contributed by atoms with E-state index in [-0.39, 0.29) is 17.6 Å². The molecule has 1 amide bonds. The summed E-state index contributed by atoms with van der Waals surface area (Å²) in [6.07, 6.45) is 6.95. The van der Waals surface area contributed by atoms with E-state index in [4.69, 9.17) is 0 Å². The lowest BCUT2D eigenvalue weighted by Gasteiger charge is -2.16. The lowest BCUT2D eigenvalue weighted by Crippen LogP contribution is -2.30. The minimum Gasteiger partial charge on any atom is -0.351 e. The number of hydrogen-bond donors (Lipinski definition) is 1. The molecule has 22 heavy (non-hydrogen) atoms. The number of nitrogens with one attached hydrogen (secondary N) is 1. The summed E-state index contributed by atoms with van der Waals surface area (Å²) >= 11 is 2.91. The SMILES string of the molecule is O=C(c1cccs1)c1ccc(CNC(=O)[C@@H]2CC=CCC2)s1. The third kappa shape index (κ3) is 3.54. The van der Waals surface area contributed by atoms with Gasteiger partial charge >= 0.3 is 0 Å². The van der Waals surface area contributed by atoms with E-state index >= 15 is 0 Å². The van der Waals surface area contributed by atoms with Crippen molar-refractivity contribution >= 4 is 34.4 Å². The van der Waals surface area contributed by atoms with Crippen LogP contribution in [-0.2, 0) is 11.3 Å². The molecule has 1 N–H and O–H groups in total. The highest BCUT2D eigenvalue weighted by Crippen LogP contribution is 2.23. The number of amides is 1. The van der Waals surface area contributed by atoms with Crippen molar-refractivity contribution in [2.45, 2.75) is 25.8 Å². The van der Waals surface area contributed by atoms with E-state index in [0.29, 0.717) is 6.54 Å². The number of carbonyl (C=O) groups excluding carboxylic acids is 2. The molecule has 0 saturated heterocycles. The summed E-state index contributed by atoms with van der Waals surface area (Å²) in [5, 5.41) is 4.89. The predicted octanol–water partition coefficient (Wildman–Crippen LogP) is 4.01. The fourth-order valence-corrected chi connectivity index (χ4v) is 4.12. The molecule has 0 aromatic carbocycles. The molecule has 0 fully saturated rings. The quantitative estimate of drug-likeness (QED) is 0.664. The van der Waals surface area contributed by atoms with E-state index in [9.17, 15) is 9.59 Å². The molecule has 5 heteroatoms. The largest absolute Gasteiger partial charge is 0.351 e. The van der Waals surface area contributed by atoms with Crippen LogP contribution in [0.1, 0.15) is 38.7 Å². The molecule has 0 aliphatic heterocycles. The first kappa shape index (κ1) is 15.2. The zero-order valence-electron chi connectivity index (χ0n) is 12.1. The summed E-state index contributed by atoms with van der Waals surface area (Å²) in [6.45, 7) is 0.501.